The molecule has 0 unspecified atom stereocenters. The summed E-state index contributed by atoms with van der Waals surface area (Å²) in [7, 11) is 1.24. The minimum atomic E-state index is -0.871. The highest BCUT2D eigenvalue weighted by atomic mass is 32.2. The summed E-state index contributed by atoms with van der Waals surface area (Å²) in [6.45, 7) is 0.672. The third-order valence-corrected chi connectivity index (χ3v) is 4.91. The van der Waals surface area contributed by atoms with Crippen molar-refractivity contribution in [2.45, 2.75) is 17.6 Å². The maximum Gasteiger partial charge on any atom is 0.308 e. The molecule has 0 spiro atoms. The molecule has 1 aromatic heterocycles. The van der Waals surface area contributed by atoms with Crippen molar-refractivity contribution in [2.75, 3.05) is 26.0 Å². The molecule has 1 atom stereocenters. The van der Waals surface area contributed by atoms with Gasteiger partial charge in [-0.25, -0.2) is 0 Å². The van der Waals surface area contributed by atoms with Gasteiger partial charge in [0.1, 0.15) is 6.04 Å². The van der Waals surface area contributed by atoms with Gasteiger partial charge in [-0.2, -0.15) is 4.68 Å². The summed E-state index contributed by atoms with van der Waals surface area (Å²) < 4.78 is 6.16. The number of hydrogen-bond acceptors (Lipinski definition) is 8. The monoisotopic (exact) mass is 390 g/mol. The van der Waals surface area contributed by atoms with Gasteiger partial charge >= 0.3 is 5.97 Å². The zero-order valence-corrected chi connectivity index (χ0v) is 15.4. The first-order valence-corrected chi connectivity index (χ1v) is 9.19. The summed E-state index contributed by atoms with van der Waals surface area (Å²) in [5.74, 6) is -1.14. The summed E-state index contributed by atoms with van der Waals surface area (Å²) in [5, 5.41) is 14.7. The third-order valence-electron chi connectivity index (χ3n) is 4.01. The van der Waals surface area contributed by atoms with Crippen LogP contribution in [0.15, 0.2) is 35.5 Å². The molecule has 3 rings (SSSR count). The molecule has 142 valence electrons. The first-order valence-electron chi connectivity index (χ1n) is 8.20. The van der Waals surface area contributed by atoms with Crippen molar-refractivity contribution < 1.29 is 19.1 Å². The van der Waals surface area contributed by atoms with Gasteiger partial charge < -0.3 is 15.0 Å². The van der Waals surface area contributed by atoms with Crippen molar-refractivity contribution in [3.8, 4) is 5.69 Å². The Bertz CT molecular complexity index is 827. The van der Waals surface area contributed by atoms with Gasteiger partial charge in [-0.05, 0) is 22.6 Å². The molecule has 1 aliphatic rings. The van der Waals surface area contributed by atoms with Gasteiger partial charge in [0.15, 0.2) is 0 Å². The molecule has 0 aliphatic carbocycles. The maximum atomic E-state index is 12.7. The quantitative estimate of drug-likeness (QED) is 0.525. The van der Waals surface area contributed by atoms with E-state index in [2.05, 4.69) is 25.6 Å². The average Bonchev–Trinajstić information content (AvgIpc) is 3.16. The number of hydrogen-bond donors (Lipinski definition) is 1. The number of nitrogens with one attached hydrogen (secondary N) is 1. The van der Waals surface area contributed by atoms with Crippen LogP contribution in [-0.2, 0) is 19.1 Å². The summed E-state index contributed by atoms with van der Waals surface area (Å²) in [4.78, 5) is 37.7. The Hall–Kier alpha value is -2.95. The van der Waals surface area contributed by atoms with Crippen LogP contribution in [0.1, 0.15) is 6.42 Å². The molecule has 1 aliphatic heterocycles. The highest BCUT2D eigenvalue weighted by Gasteiger charge is 2.35. The van der Waals surface area contributed by atoms with Crippen LogP contribution < -0.4 is 5.32 Å². The first kappa shape index (κ1) is 18.8. The SMILES string of the molecule is COC(=O)C[C@@H]1C(=O)NCCN1C(=O)CSc1nnnn1-c1ccccc1. The van der Waals surface area contributed by atoms with E-state index in [9.17, 15) is 14.4 Å². The largest absolute Gasteiger partial charge is 0.469 e. The van der Waals surface area contributed by atoms with Crippen molar-refractivity contribution >= 4 is 29.5 Å². The zero-order valence-electron chi connectivity index (χ0n) is 14.6. The van der Waals surface area contributed by atoms with E-state index in [1.807, 2.05) is 30.3 Å². The number of esters is 1. The number of carbonyl (C=O) groups is 3. The van der Waals surface area contributed by atoms with Gasteiger partial charge in [-0.3, -0.25) is 14.4 Å². The molecule has 2 aromatic rings. The van der Waals surface area contributed by atoms with E-state index in [1.165, 1.54) is 28.5 Å². The number of benzene rings is 1. The Balaban J connectivity index is 1.67. The van der Waals surface area contributed by atoms with E-state index in [0.29, 0.717) is 18.2 Å². The second-order valence-electron chi connectivity index (χ2n) is 5.67. The highest BCUT2D eigenvalue weighted by Crippen LogP contribution is 2.20. The number of amides is 2. The Morgan fingerprint density at radius 2 is 2.11 bits per heavy atom. The van der Waals surface area contributed by atoms with Crippen LogP contribution in [0.5, 0.6) is 0 Å². The standard InChI is InChI=1S/C16H18N6O4S/c1-26-14(24)9-12-15(25)17-7-8-21(12)13(23)10-27-16-18-19-20-22(16)11-5-3-2-4-6-11/h2-6,12H,7-10H2,1H3,(H,17,25)/t12-/m1/s1. The van der Waals surface area contributed by atoms with E-state index in [0.717, 1.165) is 5.69 Å². The number of aromatic nitrogens is 4. The van der Waals surface area contributed by atoms with Crippen LogP contribution in [0.25, 0.3) is 5.69 Å². The fourth-order valence-corrected chi connectivity index (χ4v) is 3.44. The lowest BCUT2D eigenvalue weighted by molar-refractivity contribution is -0.149. The third kappa shape index (κ3) is 4.42. The molecule has 0 radical (unpaired) electrons. The number of carbonyl (C=O) groups excluding carboxylic acids is 3. The molecule has 1 N–H and O–H groups in total. The summed E-state index contributed by atoms with van der Waals surface area (Å²) in [6, 6.07) is 8.44. The summed E-state index contributed by atoms with van der Waals surface area (Å²) in [6.07, 6.45) is -0.180. The van der Waals surface area contributed by atoms with Gasteiger partial charge in [0.05, 0.1) is 25.0 Å². The topological polar surface area (TPSA) is 119 Å². The Morgan fingerprint density at radius 3 is 2.85 bits per heavy atom. The summed E-state index contributed by atoms with van der Waals surface area (Å²) >= 11 is 1.17. The van der Waals surface area contributed by atoms with E-state index in [-0.39, 0.29) is 24.0 Å². The van der Waals surface area contributed by atoms with Crippen LogP contribution in [0.2, 0.25) is 0 Å². The van der Waals surface area contributed by atoms with Gasteiger partial charge in [0.25, 0.3) is 0 Å². The van der Waals surface area contributed by atoms with Crippen molar-refractivity contribution in [2.24, 2.45) is 0 Å². The van der Waals surface area contributed by atoms with Gasteiger partial charge in [-0.15, -0.1) is 5.10 Å². The van der Waals surface area contributed by atoms with Gasteiger partial charge in [0.2, 0.25) is 17.0 Å². The maximum absolute atomic E-state index is 12.7. The fraction of sp³-hybridized carbons (Fsp3) is 0.375. The smallest absolute Gasteiger partial charge is 0.308 e. The number of tetrazole rings is 1. The molecule has 2 amide bonds. The van der Waals surface area contributed by atoms with Crippen LogP contribution >= 0.6 is 11.8 Å². The van der Waals surface area contributed by atoms with E-state index in [4.69, 9.17) is 0 Å². The molecular weight excluding hydrogens is 372 g/mol. The lowest BCUT2D eigenvalue weighted by Crippen LogP contribution is -2.58. The predicted molar refractivity (Wildman–Crippen MR) is 95.0 cm³/mol. The Labute approximate surface area is 159 Å². The van der Waals surface area contributed by atoms with Crippen LogP contribution in [0.3, 0.4) is 0 Å². The molecule has 1 aromatic carbocycles. The molecule has 0 bridgehead atoms. The fourth-order valence-electron chi connectivity index (χ4n) is 2.67. The van der Waals surface area contributed by atoms with E-state index in [1.54, 1.807) is 0 Å². The Kier molecular flexibility index (Phi) is 6.01. The number of para-hydroxylation sites is 1. The molecular formula is C16H18N6O4S. The Morgan fingerprint density at radius 1 is 1.33 bits per heavy atom. The predicted octanol–water partition coefficient (Wildman–Crippen LogP) is -0.355. The van der Waals surface area contributed by atoms with Crippen LogP contribution in [0.4, 0.5) is 0 Å². The van der Waals surface area contributed by atoms with E-state index >= 15 is 0 Å². The molecule has 11 heteroatoms. The van der Waals surface area contributed by atoms with Gasteiger partial charge in [0, 0.05) is 13.1 Å². The number of nitrogens with zero attached hydrogens (tertiary/aromatic N) is 5. The number of thioether (sulfide) groups is 1. The van der Waals surface area contributed by atoms with Crippen LogP contribution in [-0.4, -0.2) is 74.9 Å². The number of methoxy groups -OCH3 is 1. The minimum absolute atomic E-state index is 0.0398. The number of ether oxygens (including phenoxy) is 1. The molecule has 1 saturated heterocycles. The molecule has 1 fully saturated rings. The lowest BCUT2D eigenvalue weighted by atomic mass is 10.1. The van der Waals surface area contributed by atoms with Gasteiger partial charge in [-0.1, -0.05) is 30.0 Å². The molecule has 0 saturated carbocycles. The second-order valence-corrected chi connectivity index (χ2v) is 6.61. The van der Waals surface area contributed by atoms with Crippen molar-refractivity contribution in [1.82, 2.24) is 30.4 Å². The van der Waals surface area contributed by atoms with E-state index < -0.39 is 12.0 Å². The molecule has 10 nitrogen and oxygen atoms in total. The number of rotatable bonds is 6. The molecule has 27 heavy (non-hydrogen) atoms. The van der Waals surface area contributed by atoms with Crippen molar-refractivity contribution in [1.29, 1.82) is 0 Å². The van der Waals surface area contributed by atoms with Crippen LogP contribution in [0, 0.1) is 0 Å². The number of piperazine rings is 1. The zero-order chi connectivity index (χ0) is 19.2. The molecule has 2 heterocycles. The average molecular weight is 390 g/mol. The van der Waals surface area contributed by atoms with Crippen molar-refractivity contribution in [3.63, 3.8) is 0 Å². The minimum Gasteiger partial charge on any atom is -0.469 e. The first-order chi connectivity index (χ1) is 13.1. The van der Waals surface area contributed by atoms with Crippen molar-refractivity contribution in [3.05, 3.63) is 30.3 Å². The highest BCUT2D eigenvalue weighted by molar-refractivity contribution is 7.99. The lowest BCUT2D eigenvalue weighted by Gasteiger charge is -2.34. The second kappa shape index (κ2) is 8.62. The normalized spacial score (nSPS) is 16.7. The summed E-state index contributed by atoms with van der Waals surface area (Å²) in [5.41, 5.74) is 0.776.